The van der Waals surface area contributed by atoms with Gasteiger partial charge in [0.25, 0.3) is 0 Å². The number of aromatic nitrogens is 3. The Labute approximate surface area is 86.2 Å². The Kier molecular flexibility index (Phi) is 2.03. The van der Waals surface area contributed by atoms with Gasteiger partial charge in [-0.2, -0.15) is 4.98 Å². The minimum atomic E-state index is -0.619. The predicted molar refractivity (Wildman–Crippen MR) is 54.6 cm³/mol. The molecule has 5 nitrogen and oxygen atoms in total. The van der Waals surface area contributed by atoms with E-state index < -0.39 is 5.76 Å². The van der Waals surface area contributed by atoms with E-state index in [1.807, 2.05) is 20.8 Å². The second-order valence-electron chi connectivity index (χ2n) is 4.32. The molecule has 2 aromatic rings. The summed E-state index contributed by atoms with van der Waals surface area (Å²) < 4.78 is 4.88. The lowest BCUT2D eigenvalue weighted by Crippen LogP contribution is -2.20. The average molecular weight is 205 g/mol. The minimum Gasteiger partial charge on any atom is -0.389 e. The fourth-order valence-corrected chi connectivity index (χ4v) is 1.39. The molecule has 0 radical (unpaired) electrons. The maximum atomic E-state index is 11.2. The Morgan fingerprint density at radius 2 is 2.07 bits per heavy atom. The molecule has 2 rings (SSSR count). The summed E-state index contributed by atoms with van der Waals surface area (Å²) >= 11 is 0. The summed E-state index contributed by atoms with van der Waals surface area (Å²) in [6, 6.07) is 0. The van der Waals surface area contributed by atoms with Gasteiger partial charge in [-0.1, -0.05) is 20.8 Å². The van der Waals surface area contributed by atoms with Gasteiger partial charge in [0.1, 0.15) is 6.33 Å². The molecule has 0 unspecified atom stereocenters. The Hall–Kier alpha value is -1.78. The zero-order chi connectivity index (χ0) is 11.1. The van der Waals surface area contributed by atoms with Gasteiger partial charge in [-0.05, 0) is 0 Å². The lowest BCUT2D eigenvalue weighted by Gasteiger charge is -2.17. The molecule has 0 atom stereocenters. The number of nitrogens with zero attached hydrogens (tertiary/aromatic N) is 3. The molecule has 0 aliphatic heterocycles. The van der Waals surface area contributed by atoms with Gasteiger partial charge in [-0.25, -0.2) is 14.8 Å². The minimum absolute atomic E-state index is 0.237. The molecule has 2 heterocycles. The van der Waals surface area contributed by atoms with Crippen LogP contribution in [0, 0.1) is 0 Å². The molecular weight excluding hydrogens is 194 g/mol. The SMILES string of the molecule is CC(C)(C)c1nc(=O)oc2ncncc12. The van der Waals surface area contributed by atoms with Crippen LogP contribution < -0.4 is 5.76 Å². The van der Waals surface area contributed by atoms with Gasteiger partial charge in [0.15, 0.2) is 0 Å². The number of fused-ring (bicyclic) bond motifs is 1. The van der Waals surface area contributed by atoms with E-state index in [1.54, 1.807) is 6.20 Å². The van der Waals surface area contributed by atoms with Crippen molar-refractivity contribution in [3.05, 3.63) is 28.8 Å². The van der Waals surface area contributed by atoms with Crippen LogP contribution in [0.1, 0.15) is 26.5 Å². The van der Waals surface area contributed by atoms with Crippen molar-refractivity contribution in [3.8, 4) is 0 Å². The van der Waals surface area contributed by atoms with Crippen molar-refractivity contribution in [1.29, 1.82) is 0 Å². The van der Waals surface area contributed by atoms with Crippen molar-refractivity contribution in [2.24, 2.45) is 0 Å². The van der Waals surface area contributed by atoms with E-state index in [0.717, 1.165) is 0 Å². The molecule has 0 bridgehead atoms. The van der Waals surface area contributed by atoms with Crippen LogP contribution in [0.25, 0.3) is 11.1 Å². The molecule has 0 fully saturated rings. The van der Waals surface area contributed by atoms with Crippen molar-refractivity contribution in [2.75, 3.05) is 0 Å². The van der Waals surface area contributed by atoms with Crippen LogP contribution in [0.3, 0.4) is 0 Å². The molecule has 5 heteroatoms. The Morgan fingerprint density at radius 3 is 2.73 bits per heavy atom. The third-order valence-corrected chi connectivity index (χ3v) is 2.03. The zero-order valence-electron chi connectivity index (χ0n) is 8.81. The van der Waals surface area contributed by atoms with Crippen molar-refractivity contribution in [1.82, 2.24) is 15.0 Å². The van der Waals surface area contributed by atoms with Crippen LogP contribution in [0.4, 0.5) is 0 Å². The molecule has 0 N–H and O–H groups in total. The summed E-state index contributed by atoms with van der Waals surface area (Å²) in [5.74, 6) is -0.619. The topological polar surface area (TPSA) is 68.9 Å². The van der Waals surface area contributed by atoms with E-state index in [2.05, 4.69) is 15.0 Å². The Morgan fingerprint density at radius 1 is 1.33 bits per heavy atom. The standard InChI is InChI=1S/C10H11N3O2/c1-10(2,3)7-6-4-11-5-12-8(6)15-9(14)13-7/h4-5H,1-3H3. The van der Waals surface area contributed by atoms with Crippen LogP contribution in [0.5, 0.6) is 0 Å². The van der Waals surface area contributed by atoms with Crippen molar-refractivity contribution in [3.63, 3.8) is 0 Å². The number of hydrogen-bond donors (Lipinski definition) is 0. The molecule has 0 aromatic carbocycles. The molecule has 0 aliphatic rings. The third-order valence-electron chi connectivity index (χ3n) is 2.03. The van der Waals surface area contributed by atoms with Crippen molar-refractivity contribution < 1.29 is 4.42 Å². The first kappa shape index (κ1) is 9.76. The van der Waals surface area contributed by atoms with Crippen LogP contribution in [0.2, 0.25) is 0 Å². The van der Waals surface area contributed by atoms with Gasteiger partial charge >= 0.3 is 5.76 Å². The highest BCUT2D eigenvalue weighted by Gasteiger charge is 2.21. The van der Waals surface area contributed by atoms with E-state index in [4.69, 9.17) is 4.42 Å². The van der Waals surface area contributed by atoms with Crippen LogP contribution in [0.15, 0.2) is 21.7 Å². The van der Waals surface area contributed by atoms with Crippen LogP contribution in [-0.4, -0.2) is 15.0 Å². The second kappa shape index (κ2) is 3.12. The molecule has 0 saturated heterocycles. The quantitative estimate of drug-likeness (QED) is 0.647. The highest BCUT2D eigenvalue weighted by Crippen LogP contribution is 2.24. The Balaban J connectivity index is 2.89. The summed E-state index contributed by atoms with van der Waals surface area (Å²) in [6.45, 7) is 5.92. The number of hydrogen-bond acceptors (Lipinski definition) is 5. The predicted octanol–water partition coefficient (Wildman–Crippen LogP) is 1.28. The fourth-order valence-electron chi connectivity index (χ4n) is 1.39. The molecule has 0 spiro atoms. The molecule has 2 aromatic heterocycles. The average Bonchev–Trinajstić information content (AvgIpc) is 2.15. The second-order valence-corrected chi connectivity index (χ2v) is 4.32. The van der Waals surface area contributed by atoms with Crippen LogP contribution in [-0.2, 0) is 5.41 Å². The van der Waals surface area contributed by atoms with Gasteiger partial charge in [-0.15, -0.1) is 0 Å². The lowest BCUT2D eigenvalue weighted by atomic mass is 9.90. The van der Waals surface area contributed by atoms with E-state index in [-0.39, 0.29) is 11.1 Å². The van der Waals surface area contributed by atoms with E-state index in [9.17, 15) is 4.79 Å². The van der Waals surface area contributed by atoms with Crippen molar-refractivity contribution >= 4 is 11.1 Å². The molecule has 15 heavy (non-hydrogen) atoms. The largest absolute Gasteiger partial charge is 0.440 e. The zero-order valence-corrected chi connectivity index (χ0v) is 8.81. The van der Waals surface area contributed by atoms with Crippen LogP contribution >= 0.6 is 0 Å². The monoisotopic (exact) mass is 205 g/mol. The first-order valence-corrected chi connectivity index (χ1v) is 4.60. The first-order valence-electron chi connectivity index (χ1n) is 4.60. The fraction of sp³-hybridized carbons (Fsp3) is 0.400. The summed E-state index contributed by atoms with van der Waals surface area (Å²) in [6.07, 6.45) is 2.95. The molecule has 0 amide bonds. The van der Waals surface area contributed by atoms with Crippen molar-refractivity contribution in [2.45, 2.75) is 26.2 Å². The molecular formula is C10H11N3O2. The first-order chi connectivity index (χ1) is 6.98. The molecule has 78 valence electrons. The lowest BCUT2D eigenvalue weighted by molar-refractivity contribution is 0.490. The summed E-state index contributed by atoms with van der Waals surface area (Å²) in [7, 11) is 0. The Bertz CT molecular complexity index is 554. The summed E-state index contributed by atoms with van der Waals surface area (Å²) in [5, 5.41) is 0.685. The van der Waals surface area contributed by atoms with E-state index in [0.29, 0.717) is 11.1 Å². The van der Waals surface area contributed by atoms with Gasteiger partial charge in [-0.3, -0.25) is 0 Å². The molecule has 0 saturated carbocycles. The van der Waals surface area contributed by atoms with E-state index in [1.165, 1.54) is 6.33 Å². The van der Waals surface area contributed by atoms with Gasteiger partial charge < -0.3 is 4.42 Å². The maximum absolute atomic E-state index is 11.2. The highest BCUT2D eigenvalue weighted by molar-refractivity contribution is 5.74. The summed E-state index contributed by atoms with van der Waals surface area (Å²) in [4.78, 5) is 22.9. The van der Waals surface area contributed by atoms with E-state index >= 15 is 0 Å². The number of rotatable bonds is 0. The third kappa shape index (κ3) is 1.72. The van der Waals surface area contributed by atoms with Gasteiger partial charge in [0.05, 0.1) is 11.1 Å². The smallest absolute Gasteiger partial charge is 0.389 e. The maximum Gasteiger partial charge on any atom is 0.440 e. The van der Waals surface area contributed by atoms with Gasteiger partial charge in [0.2, 0.25) is 5.71 Å². The summed E-state index contributed by atoms with van der Waals surface area (Å²) in [5.41, 5.74) is 0.711. The molecule has 0 aliphatic carbocycles. The highest BCUT2D eigenvalue weighted by atomic mass is 16.4. The van der Waals surface area contributed by atoms with Gasteiger partial charge in [0, 0.05) is 11.6 Å². The normalized spacial score (nSPS) is 11.9.